The molecule has 5 aromatic rings. The first-order chi connectivity index (χ1) is 21.2. The lowest BCUT2D eigenvalue weighted by molar-refractivity contribution is 0.679. The Morgan fingerprint density at radius 1 is 0.605 bits per heavy atom. The Morgan fingerprint density at radius 3 is 2.00 bits per heavy atom. The molecule has 0 spiro atoms. The second-order valence-corrected chi connectivity index (χ2v) is 11.8. The number of hydrogen-bond acceptors (Lipinski definition) is 2. The lowest BCUT2D eigenvalue weighted by atomic mass is 9.69. The van der Waals surface area contributed by atoms with E-state index in [9.17, 15) is 0 Å². The molecule has 0 bridgehead atoms. The van der Waals surface area contributed by atoms with Gasteiger partial charge in [-0.25, -0.2) is 0 Å². The van der Waals surface area contributed by atoms with Crippen LogP contribution >= 0.6 is 0 Å². The first-order valence-electron chi connectivity index (χ1n) is 15.2. The van der Waals surface area contributed by atoms with Crippen LogP contribution in [0.4, 0.5) is 0 Å². The van der Waals surface area contributed by atoms with Crippen molar-refractivity contribution >= 4 is 21.9 Å². The van der Waals surface area contributed by atoms with Crippen molar-refractivity contribution in [2.75, 3.05) is 0 Å². The fourth-order valence-electron chi connectivity index (χ4n) is 7.02. The SMILES string of the molecule is Cc1ccc(-c2cncc(-c3ccc4cc(C5=c6ccccc6=C(C6=CC=CCC6)C6C=CC=CC56)ccc4c3)c2)cn1. The van der Waals surface area contributed by atoms with Crippen LogP contribution in [0.1, 0.15) is 24.1 Å². The Hall–Kier alpha value is -5.08. The van der Waals surface area contributed by atoms with Crippen LogP contribution in [-0.4, -0.2) is 9.97 Å². The van der Waals surface area contributed by atoms with Gasteiger partial charge in [0, 0.05) is 52.8 Å². The molecule has 3 aliphatic carbocycles. The van der Waals surface area contributed by atoms with Crippen molar-refractivity contribution in [3.8, 4) is 22.3 Å². The van der Waals surface area contributed by atoms with Gasteiger partial charge in [0.25, 0.3) is 0 Å². The number of pyridine rings is 2. The summed E-state index contributed by atoms with van der Waals surface area (Å²) in [5.74, 6) is 0.651. The minimum atomic E-state index is 0.309. The van der Waals surface area contributed by atoms with E-state index >= 15 is 0 Å². The second kappa shape index (κ2) is 10.6. The van der Waals surface area contributed by atoms with Gasteiger partial charge in [0.1, 0.15) is 0 Å². The van der Waals surface area contributed by atoms with Gasteiger partial charge in [0.15, 0.2) is 0 Å². The van der Waals surface area contributed by atoms with E-state index < -0.39 is 0 Å². The van der Waals surface area contributed by atoms with Gasteiger partial charge in [-0.3, -0.25) is 9.97 Å². The number of hydrogen-bond donors (Lipinski definition) is 0. The first-order valence-corrected chi connectivity index (χ1v) is 15.2. The molecular weight excluding hydrogens is 520 g/mol. The maximum Gasteiger partial charge on any atom is 0.0373 e. The number of benzene rings is 3. The molecule has 2 heterocycles. The molecule has 2 nitrogen and oxygen atoms in total. The topological polar surface area (TPSA) is 25.8 Å². The standard InChI is InChI=1S/C41H32N2/c1-27-15-16-33(26-43-27)35-23-34(24-42-25-35)31-18-17-30-22-32(20-19-29(30)21-31)41-38-13-7-5-11-36(38)40(28-9-3-2-4-10-28)37-12-6-8-14-39(37)41/h2-3,5-9,11-26,36,38H,4,10H2,1H3. The van der Waals surface area contributed by atoms with Crippen LogP contribution in [0.15, 0.2) is 146 Å². The highest BCUT2D eigenvalue weighted by molar-refractivity contribution is 5.91. The molecule has 2 atom stereocenters. The second-order valence-electron chi connectivity index (χ2n) is 11.8. The molecule has 2 unspecified atom stereocenters. The Morgan fingerprint density at radius 2 is 1.28 bits per heavy atom. The maximum absolute atomic E-state index is 4.56. The van der Waals surface area contributed by atoms with Crippen LogP contribution in [-0.2, 0) is 0 Å². The van der Waals surface area contributed by atoms with Crippen molar-refractivity contribution in [3.63, 3.8) is 0 Å². The van der Waals surface area contributed by atoms with E-state index in [0.717, 1.165) is 35.2 Å². The van der Waals surface area contributed by atoms with Crippen molar-refractivity contribution in [2.24, 2.45) is 11.8 Å². The van der Waals surface area contributed by atoms with Gasteiger partial charge in [-0.2, -0.15) is 0 Å². The average molecular weight is 553 g/mol. The quantitative estimate of drug-likeness (QED) is 0.224. The van der Waals surface area contributed by atoms with E-state index in [1.807, 2.05) is 31.6 Å². The summed E-state index contributed by atoms with van der Waals surface area (Å²) in [4.78, 5) is 9.03. The molecule has 2 aromatic heterocycles. The van der Waals surface area contributed by atoms with Gasteiger partial charge in [0.2, 0.25) is 0 Å². The van der Waals surface area contributed by atoms with Crippen molar-refractivity contribution < 1.29 is 0 Å². The van der Waals surface area contributed by atoms with E-state index in [1.54, 1.807) is 0 Å². The van der Waals surface area contributed by atoms with Crippen molar-refractivity contribution in [3.05, 3.63) is 167 Å². The minimum absolute atomic E-state index is 0.309. The first kappa shape index (κ1) is 25.6. The number of rotatable bonds is 4. The third kappa shape index (κ3) is 4.60. The summed E-state index contributed by atoms with van der Waals surface area (Å²) in [5.41, 5.74) is 11.1. The Labute approximate surface area is 252 Å². The third-order valence-corrected chi connectivity index (χ3v) is 9.14. The van der Waals surface area contributed by atoms with Crippen LogP contribution in [0.3, 0.4) is 0 Å². The lowest BCUT2D eigenvalue weighted by Gasteiger charge is -2.34. The summed E-state index contributed by atoms with van der Waals surface area (Å²) in [6.07, 6.45) is 24.1. The zero-order valence-corrected chi connectivity index (χ0v) is 24.2. The van der Waals surface area contributed by atoms with Gasteiger partial charge in [-0.1, -0.05) is 97.1 Å². The van der Waals surface area contributed by atoms with E-state index in [1.165, 1.54) is 49.1 Å². The third-order valence-electron chi connectivity index (χ3n) is 9.14. The molecule has 0 N–H and O–H groups in total. The van der Waals surface area contributed by atoms with Gasteiger partial charge in [0.05, 0.1) is 0 Å². The largest absolute Gasteiger partial charge is 0.263 e. The molecule has 206 valence electrons. The zero-order chi connectivity index (χ0) is 28.8. The van der Waals surface area contributed by atoms with Crippen molar-refractivity contribution in [1.82, 2.24) is 9.97 Å². The number of allylic oxidation sites excluding steroid dienone is 8. The van der Waals surface area contributed by atoms with E-state index in [2.05, 4.69) is 125 Å². The van der Waals surface area contributed by atoms with Crippen LogP contribution in [0, 0.1) is 18.8 Å². The fourth-order valence-corrected chi connectivity index (χ4v) is 7.02. The molecule has 0 saturated heterocycles. The van der Waals surface area contributed by atoms with Crippen molar-refractivity contribution in [2.45, 2.75) is 19.8 Å². The van der Waals surface area contributed by atoms with Crippen LogP contribution < -0.4 is 10.4 Å². The molecule has 3 aromatic carbocycles. The molecule has 0 saturated carbocycles. The fraction of sp³-hybridized carbons (Fsp3) is 0.122. The molecular formula is C41H32N2. The molecule has 43 heavy (non-hydrogen) atoms. The zero-order valence-electron chi connectivity index (χ0n) is 24.2. The Kier molecular flexibility index (Phi) is 6.34. The highest BCUT2D eigenvalue weighted by Crippen LogP contribution is 2.42. The highest BCUT2D eigenvalue weighted by atomic mass is 14.7. The number of aromatic nitrogens is 2. The molecule has 0 amide bonds. The summed E-state index contributed by atoms with van der Waals surface area (Å²) < 4.78 is 0. The van der Waals surface area contributed by atoms with Crippen LogP contribution in [0.25, 0.3) is 44.2 Å². The lowest BCUT2D eigenvalue weighted by Crippen LogP contribution is -2.40. The monoisotopic (exact) mass is 552 g/mol. The summed E-state index contributed by atoms with van der Waals surface area (Å²) in [6.45, 7) is 2.01. The van der Waals surface area contributed by atoms with Crippen molar-refractivity contribution in [1.29, 1.82) is 0 Å². The van der Waals surface area contributed by atoms with Crippen LogP contribution in [0.5, 0.6) is 0 Å². The summed E-state index contributed by atoms with van der Waals surface area (Å²) in [6, 6.07) is 29.2. The predicted octanol–water partition coefficient (Wildman–Crippen LogP) is 8.27. The van der Waals surface area contributed by atoms with Gasteiger partial charge < -0.3 is 0 Å². The Bertz CT molecular complexity index is 2140. The van der Waals surface area contributed by atoms with Gasteiger partial charge >= 0.3 is 0 Å². The highest BCUT2D eigenvalue weighted by Gasteiger charge is 2.32. The van der Waals surface area contributed by atoms with Gasteiger partial charge in [-0.15, -0.1) is 0 Å². The summed E-state index contributed by atoms with van der Waals surface area (Å²) >= 11 is 0. The molecule has 2 heteroatoms. The van der Waals surface area contributed by atoms with E-state index in [4.69, 9.17) is 0 Å². The van der Waals surface area contributed by atoms with E-state index in [0.29, 0.717) is 11.8 Å². The predicted molar refractivity (Wildman–Crippen MR) is 178 cm³/mol. The van der Waals surface area contributed by atoms with E-state index in [-0.39, 0.29) is 0 Å². The number of fused-ring (bicyclic) bond motifs is 3. The molecule has 0 aliphatic heterocycles. The normalized spacial score (nSPS) is 18.9. The molecule has 0 fully saturated rings. The number of nitrogens with zero attached hydrogens (tertiary/aromatic N) is 2. The summed E-state index contributed by atoms with van der Waals surface area (Å²) in [5, 5.41) is 5.22. The smallest absolute Gasteiger partial charge is 0.0373 e. The molecule has 0 radical (unpaired) electrons. The van der Waals surface area contributed by atoms with Gasteiger partial charge in [-0.05, 0) is 93.1 Å². The maximum atomic E-state index is 4.56. The summed E-state index contributed by atoms with van der Waals surface area (Å²) in [7, 11) is 0. The molecule has 3 aliphatic rings. The molecule has 8 rings (SSSR count). The number of aryl methyl sites for hydroxylation is 1. The Balaban J connectivity index is 1.24. The minimum Gasteiger partial charge on any atom is -0.263 e. The van der Waals surface area contributed by atoms with Crippen LogP contribution in [0.2, 0.25) is 0 Å². The average Bonchev–Trinajstić information content (AvgIpc) is 3.07.